The molecule has 2 saturated carbocycles. The van der Waals surface area contributed by atoms with Crippen LogP contribution in [0.15, 0.2) is 0 Å². The predicted molar refractivity (Wildman–Crippen MR) is 74.0 cm³/mol. The van der Waals surface area contributed by atoms with Crippen LogP contribution in [0.25, 0.3) is 0 Å². The Kier molecular flexibility index (Phi) is 5.04. The van der Waals surface area contributed by atoms with Crippen molar-refractivity contribution in [2.75, 3.05) is 26.8 Å². The third kappa shape index (κ3) is 3.81. The average Bonchev–Trinajstić information content (AvgIpc) is 2.94. The topological polar surface area (TPSA) is 33.3 Å². The standard InChI is InChI=1S/C13H24N2OS/c1-16-6-2-5-14-13(17)15-9-12-8-10-3-4-11(12)7-10/h10-12H,2-9H2,1H3,(H2,14,15,17). The van der Waals surface area contributed by atoms with Crippen molar-refractivity contribution in [3.05, 3.63) is 0 Å². The Balaban J connectivity index is 1.54. The van der Waals surface area contributed by atoms with E-state index in [2.05, 4.69) is 10.6 Å². The summed E-state index contributed by atoms with van der Waals surface area (Å²) in [4.78, 5) is 0. The van der Waals surface area contributed by atoms with E-state index in [9.17, 15) is 0 Å². The highest BCUT2D eigenvalue weighted by atomic mass is 32.1. The van der Waals surface area contributed by atoms with Gasteiger partial charge in [-0.25, -0.2) is 0 Å². The van der Waals surface area contributed by atoms with Crippen molar-refractivity contribution < 1.29 is 4.74 Å². The van der Waals surface area contributed by atoms with Crippen molar-refractivity contribution >= 4 is 17.3 Å². The number of nitrogens with one attached hydrogen (secondary N) is 2. The first-order chi connectivity index (χ1) is 8.29. The smallest absolute Gasteiger partial charge is 0.166 e. The molecule has 4 heteroatoms. The quantitative estimate of drug-likeness (QED) is 0.562. The van der Waals surface area contributed by atoms with Crippen LogP contribution in [0.2, 0.25) is 0 Å². The van der Waals surface area contributed by atoms with Crippen LogP contribution in [0.1, 0.15) is 32.1 Å². The van der Waals surface area contributed by atoms with E-state index >= 15 is 0 Å². The summed E-state index contributed by atoms with van der Waals surface area (Å²) in [6, 6.07) is 0. The van der Waals surface area contributed by atoms with Gasteiger partial charge >= 0.3 is 0 Å². The van der Waals surface area contributed by atoms with Gasteiger partial charge in [0.2, 0.25) is 0 Å². The fraction of sp³-hybridized carbons (Fsp3) is 0.923. The molecule has 0 aromatic rings. The van der Waals surface area contributed by atoms with Crippen LogP contribution in [0.4, 0.5) is 0 Å². The van der Waals surface area contributed by atoms with E-state index in [1.165, 1.54) is 25.7 Å². The monoisotopic (exact) mass is 256 g/mol. The second-order valence-corrected chi connectivity index (χ2v) is 5.83. The van der Waals surface area contributed by atoms with Crippen LogP contribution in [-0.4, -0.2) is 31.9 Å². The molecule has 0 spiro atoms. The molecule has 17 heavy (non-hydrogen) atoms. The molecule has 0 aliphatic heterocycles. The molecule has 2 bridgehead atoms. The van der Waals surface area contributed by atoms with E-state index in [0.717, 1.165) is 49.0 Å². The van der Waals surface area contributed by atoms with Crippen molar-refractivity contribution in [3.63, 3.8) is 0 Å². The lowest BCUT2D eigenvalue weighted by Crippen LogP contribution is -2.39. The van der Waals surface area contributed by atoms with Crippen LogP contribution in [0.3, 0.4) is 0 Å². The maximum absolute atomic E-state index is 5.26. The van der Waals surface area contributed by atoms with Crippen LogP contribution in [-0.2, 0) is 4.74 Å². The van der Waals surface area contributed by atoms with Crippen molar-refractivity contribution in [1.29, 1.82) is 0 Å². The molecule has 3 atom stereocenters. The van der Waals surface area contributed by atoms with Gasteiger partial charge in [0, 0.05) is 26.8 Å². The minimum Gasteiger partial charge on any atom is -0.385 e. The summed E-state index contributed by atoms with van der Waals surface area (Å²) in [6.07, 6.45) is 6.82. The van der Waals surface area contributed by atoms with Gasteiger partial charge in [-0.05, 0) is 55.7 Å². The van der Waals surface area contributed by atoms with E-state index in [-0.39, 0.29) is 0 Å². The highest BCUT2D eigenvalue weighted by Crippen LogP contribution is 2.47. The molecular formula is C13H24N2OS. The van der Waals surface area contributed by atoms with E-state index in [1.54, 1.807) is 7.11 Å². The average molecular weight is 256 g/mol. The molecule has 2 rings (SSSR count). The second kappa shape index (κ2) is 6.55. The van der Waals surface area contributed by atoms with Crippen molar-refractivity contribution in [3.8, 4) is 0 Å². The first-order valence-corrected chi connectivity index (χ1v) is 7.21. The Hall–Kier alpha value is -0.350. The molecule has 0 amide bonds. The number of fused-ring (bicyclic) bond motifs is 2. The predicted octanol–water partition coefficient (Wildman–Crippen LogP) is 1.92. The molecule has 3 nitrogen and oxygen atoms in total. The zero-order chi connectivity index (χ0) is 12.1. The summed E-state index contributed by atoms with van der Waals surface area (Å²) < 4.78 is 4.99. The minimum atomic E-state index is 0.794. The number of ether oxygens (including phenoxy) is 1. The Labute approximate surface area is 110 Å². The number of rotatable bonds is 6. The number of hydrogen-bond acceptors (Lipinski definition) is 2. The fourth-order valence-electron chi connectivity index (χ4n) is 3.33. The maximum atomic E-state index is 5.26. The van der Waals surface area contributed by atoms with Gasteiger partial charge in [-0.2, -0.15) is 0 Å². The third-order valence-electron chi connectivity index (χ3n) is 4.22. The molecule has 0 saturated heterocycles. The highest BCUT2D eigenvalue weighted by molar-refractivity contribution is 7.80. The minimum absolute atomic E-state index is 0.794. The van der Waals surface area contributed by atoms with Gasteiger partial charge in [0.05, 0.1) is 0 Å². The van der Waals surface area contributed by atoms with E-state index in [1.807, 2.05) is 0 Å². The van der Waals surface area contributed by atoms with E-state index in [4.69, 9.17) is 17.0 Å². The molecule has 2 aliphatic carbocycles. The summed E-state index contributed by atoms with van der Waals surface area (Å²) in [7, 11) is 1.73. The molecule has 2 N–H and O–H groups in total. The Morgan fingerprint density at radius 3 is 2.82 bits per heavy atom. The molecule has 0 aromatic heterocycles. The van der Waals surface area contributed by atoms with Crippen LogP contribution in [0.5, 0.6) is 0 Å². The Morgan fingerprint density at radius 1 is 1.29 bits per heavy atom. The normalized spacial score (nSPS) is 30.5. The lowest BCUT2D eigenvalue weighted by molar-refractivity contribution is 0.195. The molecule has 0 aromatic carbocycles. The summed E-state index contributed by atoms with van der Waals surface area (Å²) >= 11 is 5.26. The van der Waals surface area contributed by atoms with E-state index < -0.39 is 0 Å². The van der Waals surface area contributed by atoms with Gasteiger partial charge in [-0.3, -0.25) is 0 Å². The van der Waals surface area contributed by atoms with Gasteiger partial charge in [0.25, 0.3) is 0 Å². The summed E-state index contributed by atoms with van der Waals surface area (Å²) in [6.45, 7) is 2.76. The SMILES string of the molecule is COCCCNC(=S)NCC1CC2CCC1C2. The van der Waals surface area contributed by atoms with Gasteiger partial charge < -0.3 is 15.4 Å². The summed E-state index contributed by atoms with van der Waals surface area (Å²) in [5.41, 5.74) is 0. The zero-order valence-electron chi connectivity index (χ0n) is 10.7. The van der Waals surface area contributed by atoms with Crippen LogP contribution in [0, 0.1) is 17.8 Å². The molecule has 2 aliphatic rings. The third-order valence-corrected chi connectivity index (χ3v) is 4.51. The zero-order valence-corrected chi connectivity index (χ0v) is 11.5. The second-order valence-electron chi connectivity index (χ2n) is 5.42. The van der Waals surface area contributed by atoms with Crippen LogP contribution >= 0.6 is 12.2 Å². The van der Waals surface area contributed by atoms with Crippen LogP contribution < -0.4 is 10.6 Å². The van der Waals surface area contributed by atoms with Gasteiger partial charge in [-0.1, -0.05) is 6.42 Å². The van der Waals surface area contributed by atoms with Crippen molar-refractivity contribution in [1.82, 2.24) is 10.6 Å². The molecular weight excluding hydrogens is 232 g/mol. The lowest BCUT2D eigenvalue weighted by Gasteiger charge is -2.22. The van der Waals surface area contributed by atoms with Crippen molar-refractivity contribution in [2.24, 2.45) is 17.8 Å². The number of methoxy groups -OCH3 is 1. The lowest BCUT2D eigenvalue weighted by atomic mass is 9.89. The summed E-state index contributed by atoms with van der Waals surface area (Å²) in [5, 5.41) is 7.40. The van der Waals surface area contributed by atoms with Gasteiger partial charge in [0.1, 0.15) is 0 Å². The highest BCUT2D eigenvalue weighted by Gasteiger charge is 2.39. The fourth-order valence-corrected chi connectivity index (χ4v) is 3.52. The first kappa shape index (κ1) is 13.1. The maximum Gasteiger partial charge on any atom is 0.166 e. The van der Waals surface area contributed by atoms with Crippen molar-refractivity contribution in [2.45, 2.75) is 32.1 Å². The molecule has 0 radical (unpaired) electrons. The largest absolute Gasteiger partial charge is 0.385 e. The number of thiocarbonyl (C=S) groups is 1. The van der Waals surface area contributed by atoms with Gasteiger partial charge in [-0.15, -0.1) is 0 Å². The molecule has 0 heterocycles. The van der Waals surface area contributed by atoms with E-state index in [0.29, 0.717) is 0 Å². The molecule has 2 fully saturated rings. The Morgan fingerprint density at radius 2 is 2.18 bits per heavy atom. The molecule has 3 unspecified atom stereocenters. The van der Waals surface area contributed by atoms with Gasteiger partial charge in [0.15, 0.2) is 5.11 Å². The summed E-state index contributed by atoms with van der Waals surface area (Å²) in [5.74, 6) is 2.87. The molecule has 98 valence electrons. The Bertz CT molecular complexity index is 260. The first-order valence-electron chi connectivity index (χ1n) is 6.80. The number of hydrogen-bond donors (Lipinski definition) is 2.